The van der Waals surface area contributed by atoms with E-state index < -0.39 is 5.91 Å². The first-order chi connectivity index (χ1) is 13.9. The van der Waals surface area contributed by atoms with Crippen LogP contribution < -0.4 is 15.8 Å². The first kappa shape index (κ1) is 21.3. The number of rotatable bonds is 8. The number of hydrogen-bond acceptors (Lipinski definition) is 7. The van der Waals surface area contributed by atoms with Crippen molar-refractivity contribution >= 4 is 23.5 Å². The number of amides is 2. The number of aromatic nitrogens is 3. The molecule has 10 nitrogen and oxygen atoms in total. The Morgan fingerprint density at radius 1 is 1.34 bits per heavy atom. The molecule has 2 aromatic heterocycles. The molecule has 0 aliphatic heterocycles. The molecule has 0 radical (unpaired) electrons. The molecule has 0 bridgehead atoms. The van der Waals surface area contributed by atoms with Crippen LogP contribution in [0.15, 0.2) is 30.7 Å². The third-order valence-corrected chi connectivity index (χ3v) is 3.76. The highest BCUT2D eigenvalue weighted by atomic mass is 16.5. The number of hydrogen-bond donors (Lipinski definition) is 3. The van der Waals surface area contributed by atoms with Gasteiger partial charge < -0.3 is 15.8 Å². The number of carbonyl (C=O) groups is 2. The number of terminal acetylenes is 1. The topological polar surface area (TPSA) is 147 Å². The van der Waals surface area contributed by atoms with Gasteiger partial charge >= 0.3 is 0 Å². The zero-order chi connectivity index (χ0) is 21.2. The lowest BCUT2D eigenvalue weighted by molar-refractivity contribution is -0.126. The van der Waals surface area contributed by atoms with Crippen molar-refractivity contribution in [3.63, 3.8) is 0 Å². The van der Waals surface area contributed by atoms with Crippen LogP contribution in [0.2, 0.25) is 0 Å². The highest BCUT2D eigenvalue weighted by Gasteiger charge is 2.13. The van der Waals surface area contributed by atoms with E-state index in [-0.39, 0.29) is 29.9 Å². The van der Waals surface area contributed by atoms with Crippen molar-refractivity contribution in [3.05, 3.63) is 42.1 Å². The molecule has 0 fully saturated rings. The number of pyridine rings is 1. The predicted molar refractivity (Wildman–Crippen MR) is 106 cm³/mol. The summed E-state index contributed by atoms with van der Waals surface area (Å²) in [5.74, 6) is 1.66. The number of aryl methyl sites for hydroxylation is 1. The minimum Gasteiger partial charge on any atom is -0.476 e. The van der Waals surface area contributed by atoms with E-state index in [0.717, 1.165) is 4.90 Å². The van der Waals surface area contributed by atoms with Crippen LogP contribution in [0.4, 0.5) is 5.69 Å². The molecular weight excluding hydrogens is 374 g/mol. The van der Waals surface area contributed by atoms with Gasteiger partial charge in [0.2, 0.25) is 11.8 Å². The third-order valence-electron chi connectivity index (χ3n) is 3.76. The molecule has 0 spiro atoms. The number of nitrogens with two attached hydrogens (primary N) is 1. The number of guanidine groups is 1. The fraction of sp³-hybridized carbons (Fsp3) is 0.263. The van der Waals surface area contributed by atoms with Gasteiger partial charge in [-0.15, -0.1) is 12.3 Å². The Bertz CT molecular complexity index is 922. The van der Waals surface area contributed by atoms with Gasteiger partial charge in [0, 0.05) is 37.5 Å². The summed E-state index contributed by atoms with van der Waals surface area (Å²) in [7, 11) is 1.43. The van der Waals surface area contributed by atoms with Crippen LogP contribution >= 0.6 is 0 Å². The average molecular weight is 395 g/mol. The average Bonchev–Trinajstić information content (AvgIpc) is 2.72. The second-order valence-electron chi connectivity index (χ2n) is 5.87. The molecule has 4 N–H and O–H groups in total. The Morgan fingerprint density at radius 3 is 2.79 bits per heavy atom. The van der Waals surface area contributed by atoms with Crippen molar-refractivity contribution in [1.29, 1.82) is 5.41 Å². The largest absolute Gasteiger partial charge is 0.476 e. The Morgan fingerprint density at radius 2 is 2.14 bits per heavy atom. The van der Waals surface area contributed by atoms with Gasteiger partial charge in [-0.3, -0.25) is 24.9 Å². The maximum atomic E-state index is 12.3. The van der Waals surface area contributed by atoms with E-state index >= 15 is 0 Å². The molecule has 0 aliphatic carbocycles. The second-order valence-corrected chi connectivity index (χ2v) is 5.87. The van der Waals surface area contributed by atoms with E-state index in [9.17, 15) is 9.59 Å². The zero-order valence-corrected chi connectivity index (χ0v) is 15.9. The molecule has 0 aliphatic rings. The smallest absolute Gasteiger partial charge is 0.275 e. The first-order valence-electron chi connectivity index (χ1n) is 8.66. The minimum absolute atomic E-state index is 0.117. The molecule has 0 aromatic carbocycles. The number of anilines is 1. The van der Waals surface area contributed by atoms with Crippen molar-refractivity contribution in [3.8, 4) is 18.2 Å². The van der Waals surface area contributed by atoms with Crippen molar-refractivity contribution in [2.75, 3.05) is 19.0 Å². The zero-order valence-electron chi connectivity index (χ0n) is 15.9. The number of nitrogens with one attached hydrogen (secondary N) is 2. The molecule has 2 heterocycles. The van der Waals surface area contributed by atoms with E-state index in [1.165, 1.54) is 25.6 Å². The number of ether oxygens (including phenoxy) is 1. The van der Waals surface area contributed by atoms with Gasteiger partial charge in [-0.25, -0.2) is 9.97 Å². The van der Waals surface area contributed by atoms with Crippen LogP contribution in [0.5, 0.6) is 5.88 Å². The highest BCUT2D eigenvalue weighted by molar-refractivity contribution is 6.02. The van der Waals surface area contributed by atoms with Gasteiger partial charge in [0.05, 0.1) is 12.4 Å². The SMILES string of the molecule is C#CCCOc1cnc(C(=O)Nc2ccnc(CCC(=O)N(C)C(=N)N)c2)cn1. The minimum atomic E-state index is -0.447. The van der Waals surface area contributed by atoms with Gasteiger partial charge in [-0.1, -0.05) is 0 Å². The Hall–Kier alpha value is -4.00. The summed E-state index contributed by atoms with van der Waals surface area (Å²) >= 11 is 0. The van der Waals surface area contributed by atoms with Gasteiger partial charge in [0.15, 0.2) is 5.96 Å². The van der Waals surface area contributed by atoms with Crippen LogP contribution in [0, 0.1) is 17.8 Å². The third kappa shape index (κ3) is 6.59. The summed E-state index contributed by atoms with van der Waals surface area (Å²) in [6.07, 6.45) is 10.2. The van der Waals surface area contributed by atoms with E-state index in [4.69, 9.17) is 22.3 Å². The fourth-order valence-electron chi connectivity index (χ4n) is 2.15. The van der Waals surface area contributed by atoms with Crippen LogP contribution in [0.25, 0.3) is 0 Å². The van der Waals surface area contributed by atoms with E-state index in [2.05, 4.69) is 26.2 Å². The summed E-state index contributed by atoms with van der Waals surface area (Å²) in [5, 5.41) is 9.96. The second kappa shape index (κ2) is 10.4. The molecule has 0 unspecified atom stereocenters. The van der Waals surface area contributed by atoms with E-state index in [1.54, 1.807) is 12.1 Å². The molecule has 150 valence electrons. The van der Waals surface area contributed by atoms with Gasteiger partial charge in [-0.2, -0.15) is 0 Å². The van der Waals surface area contributed by atoms with E-state index in [1.807, 2.05) is 0 Å². The standard InChI is InChI=1S/C19H21N7O3/c1-3-4-9-29-16-12-23-15(11-24-16)18(28)25-14-7-8-22-13(10-14)5-6-17(27)26(2)19(20)21/h1,7-8,10-12H,4-6,9H2,2H3,(H3,20,21)(H,22,25,28). The van der Waals surface area contributed by atoms with Crippen LogP contribution in [-0.4, -0.2) is 51.3 Å². The summed E-state index contributed by atoms with van der Waals surface area (Å²) in [6.45, 7) is 0.321. The van der Waals surface area contributed by atoms with Crippen LogP contribution in [-0.2, 0) is 11.2 Å². The van der Waals surface area contributed by atoms with Gasteiger partial charge in [0.25, 0.3) is 5.91 Å². The van der Waals surface area contributed by atoms with Crippen molar-refractivity contribution in [2.24, 2.45) is 5.73 Å². The summed E-state index contributed by atoms with van der Waals surface area (Å²) in [4.78, 5) is 37.5. The Kier molecular flexibility index (Phi) is 7.61. The van der Waals surface area contributed by atoms with Gasteiger partial charge in [0.1, 0.15) is 12.3 Å². The molecule has 2 rings (SSSR count). The van der Waals surface area contributed by atoms with E-state index in [0.29, 0.717) is 30.8 Å². The quantitative estimate of drug-likeness (QED) is 0.259. The Balaban J connectivity index is 1.94. The summed E-state index contributed by atoms with van der Waals surface area (Å²) in [5.41, 5.74) is 6.51. The highest BCUT2D eigenvalue weighted by Crippen LogP contribution is 2.12. The van der Waals surface area contributed by atoms with Crippen LogP contribution in [0.1, 0.15) is 29.0 Å². The lowest BCUT2D eigenvalue weighted by Gasteiger charge is -2.14. The predicted octanol–water partition coefficient (Wildman–Crippen LogP) is 0.810. The molecule has 29 heavy (non-hydrogen) atoms. The molecule has 0 saturated carbocycles. The normalized spacial score (nSPS) is 9.93. The van der Waals surface area contributed by atoms with Crippen molar-refractivity contribution in [1.82, 2.24) is 19.9 Å². The van der Waals surface area contributed by atoms with Gasteiger partial charge in [-0.05, 0) is 18.6 Å². The number of nitrogens with zero attached hydrogens (tertiary/aromatic N) is 4. The molecule has 0 saturated heterocycles. The summed E-state index contributed by atoms with van der Waals surface area (Å²) in [6, 6.07) is 3.28. The maximum Gasteiger partial charge on any atom is 0.275 e. The van der Waals surface area contributed by atoms with Crippen LogP contribution in [0.3, 0.4) is 0 Å². The lowest BCUT2D eigenvalue weighted by atomic mass is 10.2. The summed E-state index contributed by atoms with van der Waals surface area (Å²) < 4.78 is 5.28. The fourth-order valence-corrected chi connectivity index (χ4v) is 2.15. The number of carbonyl (C=O) groups excluding carboxylic acids is 2. The molecular formula is C19H21N7O3. The van der Waals surface area contributed by atoms with Crippen molar-refractivity contribution in [2.45, 2.75) is 19.3 Å². The molecule has 10 heteroatoms. The molecule has 0 atom stereocenters. The molecule has 2 amide bonds. The maximum absolute atomic E-state index is 12.3. The monoisotopic (exact) mass is 395 g/mol. The Labute approximate surface area is 168 Å². The first-order valence-corrected chi connectivity index (χ1v) is 8.66. The van der Waals surface area contributed by atoms with Crippen molar-refractivity contribution < 1.29 is 14.3 Å². The lowest BCUT2D eigenvalue weighted by Crippen LogP contribution is -2.38. The molecule has 2 aromatic rings.